The molecule has 8 nitrogen and oxygen atoms in total. The lowest BCUT2D eigenvalue weighted by molar-refractivity contribution is 0.0945. The molecule has 3 rings (SSSR count). The molecule has 0 saturated heterocycles. The largest absolute Gasteiger partial charge is 0.418 e. The predicted molar refractivity (Wildman–Crippen MR) is 127 cm³/mol. The van der Waals surface area contributed by atoms with E-state index in [1.807, 2.05) is 13.8 Å². The van der Waals surface area contributed by atoms with E-state index in [1.54, 1.807) is 12.1 Å². The second-order valence-electron chi connectivity index (χ2n) is 7.69. The van der Waals surface area contributed by atoms with Crippen LogP contribution in [0.4, 0.5) is 0 Å². The number of halogens is 3. The van der Waals surface area contributed by atoms with E-state index in [4.69, 9.17) is 39.5 Å². The Balaban J connectivity index is 1.82. The van der Waals surface area contributed by atoms with Crippen molar-refractivity contribution < 1.29 is 17.9 Å². The number of amides is 1. The van der Waals surface area contributed by atoms with Gasteiger partial charge in [-0.1, -0.05) is 60.8 Å². The molecule has 0 saturated carbocycles. The summed E-state index contributed by atoms with van der Waals surface area (Å²) in [5, 5.41) is 7.58. The highest BCUT2D eigenvalue weighted by atomic mass is 35.5. The Morgan fingerprint density at radius 3 is 2.42 bits per heavy atom. The third-order valence-corrected chi connectivity index (χ3v) is 6.32. The zero-order chi connectivity index (χ0) is 24.3. The summed E-state index contributed by atoms with van der Waals surface area (Å²) in [5.41, 5.74) is 0.687. The van der Waals surface area contributed by atoms with Crippen LogP contribution in [0.15, 0.2) is 41.4 Å². The van der Waals surface area contributed by atoms with Gasteiger partial charge in [0.1, 0.15) is 10.0 Å². The predicted octanol–water partition coefficient (Wildman–Crippen LogP) is 5.02. The van der Waals surface area contributed by atoms with Crippen molar-refractivity contribution in [2.45, 2.75) is 31.8 Å². The maximum absolute atomic E-state index is 12.8. The van der Waals surface area contributed by atoms with Crippen molar-refractivity contribution in [1.29, 1.82) is 0 Å². The number of hydrogen-bond donors (Lipinski definition) is 1. The van der Waals surface area contributed by atoms with Crippen molar-refractivity contribution in [3.8, 4) is 11.8 Å². The molecule has 3 aromatic rings. The van der Waals surface area contributed by atoms with Crippen molar-refractivity contribution in [3.63, 3.8) is 0 Å². The van der Waals surface area contributed by atoms with E-state index in [2.05, 4.69) is 15.4 Å². The lowest BCUT2D eigenvalue weighted by Crippen LogP contribution is -2.24. The first-order valence-corrected chi connectivity index (χ1v) is 12.8. The Bertz CT molecular complexity index is 1280. The molecule has 0 aliphatic heterocycles. The highest BCUT2D eigenvalue weighted by molar-refractivity contribution is 7.90. The molecule has 0 bridgehead atoms. The third kappa shape index (κ3) is 6.38. The molecule has 0 atom stereocenters. The fraction of sp³-hybridized carbons (Fsp3) is 0.286. The number of benzene rings is 1. The summed E-state index contributed by atoms with van der Waals surface area (Å²) in [6, 6.07) is 7.69. The fourth-order valence-corrected chi connectivity index (χ4v) is 4.13. The zero-order valence-electron chi connectivity index (χ0n) is 18.0. The Morgan fingerprint density at radius 2 is 1.85 bits per heavy atom. The number of aromatic nitrogens is 3. The number of hydrogen-bond acceptors (Lipinski definition) is 6. The van der Waals surface area contributed by atoms with Gasteiger partial charge in [-0.3, -0.25) is 4.79 Å². The molecule has 0 spiro atoms. The van der Waals surface area contributed by atoms with E-state index in [0.29, 0.717) is 17.1 Å². The number of pyridine rings is 1. The topological polar surface area (TPSA) is 103 Å². The smallest absolute Gasteiger partial charge is 0.273 e. The number of nitrogens with one attached hydrogen (secondary N) is 1. The van der Waals surface area contributed by atoms with Crippen LogP contribution in [-0.4, -0.2) is 35.3 Å². The van der Waals surface area contributed by atoms with Crippen LogP contribution in [0.25, 0.3) is 0 Å². The highest BCUT2D eigenvalue weighted by Gasteiger charge is 2.25. The average molecular weight is 532 g/mol. The number of ether oxygens (including phenoxy) is 1. The summed E-state index contributed by atoms with van der Waals surface area (Å²) in [6.45, 7) is 4.54. The third-order valence-electron chi connectivity index (χ3n) is 4.38. The summed E-state index contributed by atoms with van der Waals surface area (Å²) in [6.07, 6.45) is 2.51. The molecule has 0 radical (unpaired) electrons. The van der Waals surface area contributed by atoms with E-state index in [9.17, 15) is 13.2 Å². The molecule has 1 amide bonds. The second kappa shape index (κ2) is 10.3. The molecule has 176 valence electrons. The molecule has 12 heteroatoms. The van der Waals surface area contributed by atoms with Gasteiger partial charge >= 0.3 is 0 Å². The lowest BCUT2D eigenvalue weighted by atomic mass is 10.2. The Hall–Kier alpha value is -2.33. The Morgan fingerprint density at radius 1 is 1.18 bits per heavy atom. The maximum atomic E-state index is 12.8. The van der Waals surface area contributed by atoms with Crippen LogP contribution < -0.4 is 10.1 Å². The first-order chi connectivity index (χ1) is 15.5. The van der Waals surface area contributed by atoms with Crippen molar-refractivity contribution in [1.82, 2.24) is 20.1 Å². The monoisotopic (exact) mass is 530 g/mol. The van der Waals surface area contributed by atoms with Gasteiger partial charge in [-0.15, -0.1) is 0 Å². The molecule has 33 heavy (non-hydrogen) atoms. The van der Waals surface area contributed by atoms with E-state index in [0.717, 1.165) is 6.26 Å². The molecule has 0 aliphatic carbocycles. The number of rotatable bonds is 8. The molecular formula is C21H21Cl3N4O4S. The Kier molecular flexibility index (Phi) is 7.89. The van der Waals surface area contributed by atoms with Gasteiger partial charge in [-0.25, -0.2) is 18.1 Å². The normalized spacial score (nSPS) is 11.6. The van der Waals surface area contributed by atoms with E-state index < -0.39 is 15.7 Å². The molecule has 2 heterocycles. The van der Waals surface area contributed by atoms with Gasteiger partial charge in [0, 0.05) is 25.5 Å². The van der Waals surface area contributed by atoms with Crippen LogP contribution in [0.3, 0.4) is 0 Å². The van der Waals surface area contributed by atoms with E-state index in [1.165, 1.54) is 29.1 Å². The SMILES string of the molecule is CC(C)Cn1nc(C(=O)NCc2ccc(S(C)(=O)=O)cc2)c(Cl)c1Oc1ncc(Cl)cc1Cl. The zero-order valence-corrected chi connectivity index (χ0v) is 21.1. The van der Waals surface area contributed by atoms with Gasteiger partial charge in [-0.05, 0) is 29.7 Å². The van der Waals surface area contributed by atoms with Gasteiger partial charge in [0.15, 0.2) is 15.5 Å². The maximum Gasteiger partial charge on any atom is 0.273 e. The first kappa shape index (κ1) is 25.3. The standard InChI is InChI=1S/C21H21Cl3N4O4S/c1-12(2)11-28-21(32-20-16(23)8-14(22)10-26-20)17(24)18(27-28)19(29)25-9-13-4-6-15(7-5-13)33(3,30)31/h4-8,10,12H,9,11H2,1-3H3,(H,25,29). The van der Waals surface area contributed by atoms with Crippen LogP contribution in [0.5, 0.6) is 11.8 Å². The summed E-state index contributed by atoms with van der Waals surface area (Å²) in [7, 11) is -3.30. The minimum absolute atomic E-state index is 0.00777. The molecule has 1 N–H and O–H groups in total. The Labute approximate surface area is 206 Å². The number of carbonyl (C=O) groups is 1. The van der Waals surface area contributed by atoms with Gasteiger partial charge in [-0.2, -0.15) is 5.10 Å². The van der Waals surface area contributed by atoms with Crippen LogP contribution in [0.1, 0.15) is 29.9 Å². The lowest BCUT2D eigenvalue weighted by Gasteiger charge is -2.11. The van der Waals surface area contributed by atoms with Gasteiger partial charge in [0.2, 0.25) is 11.8 Å². The average Bonchev–Trinajstić information content (AvgIpc) is 3.02. The molecule has 2 aromatic heterocycles. The van der Waals surface area contributed by atoms with Crippen LogP contribution in [0.2, 0.25) is 15.1 Å². The summed E-state index contributed by atoms with van der Waals surface area (Å²) in [5.74, 6) is -0.133. The van der Waals surface area contributed by atoms with E-state index in [-0.39, 0.29) is 44.9 Å². The fourth-order valence-electron chi connectivity index (χ4n) is 2.83. The number of carbonyl (C=O) groups excluding carboxylic acids is 1. The summed E-state index contributed by atoms with van der Waals surface area (Å²) >= 11 is 18.5. The molecule has 0 aliphatic rings. The minimum atomic E-state index is -3.30. The molecular weight excluding hydrogens is 511 g/mol. The van der Waals surface area contributed by atoms with Crippen LogP contribution >= 0.6 is 34.8 Å². The van der Waals surface area contributed by atoms with Crippen LogP contribution in [-0.2, 0) is 22.9 Å². The van der Waals surface area contributed by atoms with Crippen LogP contribution in [0, 0.1) is 5.92 Å². The van der Waals surface area contributed by atoms with Crippen molar-refractivity contribution in [3.05, 3.63) is 62.9 Å². The van der Waals surface area contributed by atoms with Crippen molar-refractivity contribution >= 4 is 50.5 Å². The minimum Gasteiger partial charge on any atom is -0.418 e. The van der Waals surface area contributed by atoms with Gasteiger partial charge < -0.3 is 10.1 Å². The van der Waals surface area contributed by atoms with Gasteiger partial charge in [0.25, 0.3) is 5.91 Å². The van der Waals surface area contributed by atoms with Crippen molar-refractivity contribution in [2.75, 3.05) is 6.26 Å². The number of nitrogens with zero attached hydrogens (tertiary/aromatic N) is 3. The molecule has 0 fully saturated rings. The second-order valence-corrected chi connectivity index (χ2v) is 10.9. The van der Waals surface area contributed by atoms with E-state index >= 15 is 0 Å². The number of sulfone groups is 1. The molecule has 0 unspecified atom stereocenters. The first-order valence-electron chi connectivity index (χ1n) is 9.78. The summed E-state index contributed by atoms with van der Waals surface area (Å²) < 4.78 is 30.4. The highest BCUT2D eigenvalue weighted by Crippen LogP contribution is 2.35. The molecule has 1 aromatic carbocycles. The van der Waals surface area contributed by atoms with Crippen molar-refractivity contribution in [2.24, 2.45) is 5.92 Å². The van der Waals surface area contributed by atoms with Gasteiger partial charge in [0.05, 0.1) is 9.92 Å². The quantitative estimate of drug-likeness (QED) is 0.438. The summed E-state index contributed by atoms with van der Waals surface area (Å²) in [4.78, 5) is 17.1.